The Morgan fingerprint density at radius 1 is 1.54 bits per heavy atom. The van der Waals surface area contributed by atoms with E-state index in [-0.39, 0.29) is 18.2 Å². The Morgan fingerprint density at radius 2 is 2.23 bits per heavy atom. The average Bonchev–Trinajstić information content (AvgIpc) is 2.07. The SMILES string of the molecule is Cc1cccc(OCC(C)O)c1F. The van der Waals surface area contributed by atoms with Gasteiger partial charge in [0, 0.05) is 0 Å². The van der Waals surface area contributed by atoms with Gasteiger partial charge in [-0.15, -0.1) is 0 Å². The van der Waals surface area contributed by atoms with Crippen molar-refractivity contribution in [2.75, 3.05) is 6.61 Å². The Kier molecular flexibility index (Phi) is 3.25. The van der Waals surface area contributed by atoms with E-state index in [1.807, 2.05) is 0 Å². The molecule has 3 heteroatoms. The van der Waals surface area contributed by atoms with Gasteiger partial charge in [0.15, 0.2) is 11.6 Å². The number of aliphatic hydroxyl groups is 1. The summed E-state index contributed by atoms with van der Waals surface area (Å²) >= 11 is 0. The highest BCUT2D eigenvalue weighted by Gasteiger charge is 2.06. The number of hydrogen-bond donors (Lipinski definition) is 1. The summed E-state index contributed by atoms with van der Waals surface area (Å²) in [6.45, 7) is 3.37. The van der Waals surface area contributed by atoms with Crippen LogP contribution in [0.5, 0.6) is 5.75 Å². The molecule has 1 aromatic carbocycles. The largest absolute Gasteiger partial charge is 0.488 e. The maximum absolute atomic E-state index is 13.2. The van der Waals surface area contributed by atoms with Gasteiger partial charge in [-0.1, -0.05) is 12.1 Å². The van der Waals surface area contributed by atoms with Gasteiger partial charge >= 0.3 is 0 Å². The van der Waals surface area contributed by atoms with Crippen molar-refractivity contribution in [2.24, 2.45) is 0 Å². The van der Waals surface area contributed by atoms with Crippen molar-refractivity contribution in [3.05, 3.63) is 29.6 Å². The first-order valence-corrected chi connectivity index (χ1v) is 4.17. The molecule has 0 bridgehead atoms. The minimum absolute atomic E-state index is 0.111. The molecule has 13 heavy (non-hydrogen) atoms. The van der Waals surface area contributed by atoms with E-state index in [2.05, 4.69) is 0 Å². The van der Waals surface area contributed by atoms with Gasteiger partial charge < -0.3 is 9.84 Å². The van der Waals surface area contributed by atoms with E-state index in [1.54, 1.807) is 32.0 Å². The summed E-state index contributed by atoms with van der Waals surface area (Å²) in [5, 5.41) is 8.93. The van der Waals surface area contributed by atoms with Crippen molar-refractivity contribution < 1.29 is 14.2 Å². The molecular weight excluding hydrogens is 171 g/mol. The highest BCUT2D eigenvalue weighted by atomic mass is 19.1. The molecule has 1 rings (SSSR count). The van der Waals surface area contributed by atoms with Crippen LogP contribution in [0.1, 0.15) is 12.5 Å². The Morgan fingerprint density at radius 3 is 2.85 bits per heavy atom. The van der Waals surface area contributed by atoms with Crippen LogP contribution < -0.4 is 4.74 Å². The van der Waals surface area contributed by atoms with E-state index < -0.39 is 6.10 Å². The number of aliphatic hydroxyl groups excluding tert-OH is 1. The molecule has 0 saturated heterocycles. The molecule has 0 aliphatic rings. The molecule has 0 aliphatic carbocycles. The van der Waals surface area contributed by atoms with Gasteiger partial charge in [0.1, 0.15) is 6.61 Å². The van der Waals surface area contributed by atoms with Crippen molar-refractivity contribution >= 4 is 0 Å². The van der Waals surface area contributed by atoms with E-state index in [0.29, 0.717) is 5.56 Å². The lowest BCUT2D eigenvalue weighted by Gasteiger charge is -2.09. The number of aryl methyl sites for hydroxylation is 1. The smallest absolute Gasteiger partial charge is 0.167 e. The summed E-state index contributed by atoms with van der Waals surface area (Å²) in [4.78, 5) is 0. The number of hydrogen-bond acceptors (Lipinski definition) is 2. The predicted octanol–water partition coefficient (Wildman–Crippen LogP) is 1.89. The number of benzene rings is 1. The second kappa shape index (κ2) is 4.23. The van der Waals surface area contributed by atoms with E-state index in [4.69, 9.17) is 9.84 Å². The van der Waals surface area contributed by atoms with Crippen LogP contribution >= 0.6 is 0 Å². The van der Waals surface area contributed by atoms with Crippen LogP contribution in [0.3, 0.4) is 0 Å². The maximum Gasteiger partial charge on any atom is 0.167 e. The summed E-state index contributed by atoms with van der Waals surface area (Å²) < 4.78 is 18.3. The van der Waals surface area contributed by atoms with Crippen LogP contribution in [0.2, 0.25) is 0 Å². The minimum Gasteiger partial charge on any atom is -0.488 e. The third-order valence-electron chi connectivity index (χ3n) is 1.64. The Balaban J connectivity index is 2.71. The topological polar surface area (TPSA) is 29.5 Å². The fourth-order valence-corrected chi connectivity index (χ4v) is 0.942. The fraction of sp³-hybridized carbons (Fsp3) is 0.400. The summed E-state index contributed by atoms with van der Waals surface area (Å²) in [6.07, 6.45) is -0.583. The van der Waals surface area contributed by atoms with Crippen LogP contribution in [0, 0.1) is 12.7 Å². The molecule has 0 saturated carbocycles. The van der Waals surface area contributed by atoms with Crippen LogP contribution in [-0.2, 0) is 0 Å². The first-order valence-electron chi connectivity index (χ1n) is 4.17. The summed E-state index contributed by atoms with van der Waals surface area (Å²) in [6, 6.07) is 4.94. The van der Waals surface area contributed by atoms with Crippen molar-refractivity contribution in [1.82, 2.24) is 0 Å². The maximum atomic E-state index is 13.2. The van der Waals surface area contributed by atoms with Gasteiger partial charge in [0.2, 0.25) is 0 Å². The van der Waals surface area contributed by atoms with Gasteiger partial charge in [0.25, 0.3) is 0 Å². The van der Waals surface area contributed by atoms with E-state index in [9.17, 15) is 4.39 Å². The molecule has 2 nitrogen and oxygen atoms in total. The minimum atomic E-state index is -0.583. The molecule has 0 aromatic heterocycles. The lowest BCUT2D eigenvalue weighted by atomic mass is 10.2. The van der Waals surface area contributed by atoms with Crippen molar-refractivity contribution in [2.45, 2.75) is 20.0 Å². The quantitative estimate of drug-likeness (QED) is 0.777. The Bertz CT molecular complexity index is 284. The second-order valence-electron chi connectivity index (χ2n) is 3.05. The lowest BCUT2D eigenvalue weighted by molar-refractivity contribution is 0.120. The van der Waals surface area contributed by atoms with Gasteiger partial charge in [-0.05, 0) is 25.5 Å². The molecule has 0 aliphatic heterocycles. The highest BCUT2D eigenvalue weighted by molar-refractivity contribution is 5.30. The molecule has 0 amide bonds. The number of halogens is 1. The summed E-state index contributed by atoms with van der Waals surface area (Å²) in [5.41, 5.74) is 0.545. The zero-order valence-electron chi connectivity index (χ0n) is 7.75. The molecule has 1 N–H and O–H groups in total. The fourth-order valence-electron chi connectivity index (χ4n) is 0.942. The van der Waals surface area contributed by atoms with E-state index >= 15 is 0 Å². The molecule has 1 atom stereocenters. The van der Waals surface area contributed by atoms with Crippen LogP contribution in [-0.4, -0.2) is 17.8 Å². The third-order valence-corrected chi connectivity index (χ3v) is 1.64. The molecule has 72 valence electrons. The molecular formula is C10H13FO2. The molecule has 0 radical (unpaired) electrons. The summed E-state index contributed by atoms with van der Waals surface area (Å²) in [7, 11) is 0. The van der Waals surface area contributed by atoms with Crippen LogP contribution in [0.25, 0.3) is 0 Å². The van der Waals surface area contributed by atoms with Gasteiger partial charge in [-0.2, -0.15) is 0 Å². The molecule has 1 unspecified atom stereocenters. The second-order valence-corrected chi connectivity index (χ2v) is 3.05. The molecule has 0 heterocycles. The van der Waals surface area contributed by atoms with Crippen LogP contribution in [0.15, 0.2) is 18.2 Å². The Hall–Kier alpha value is -1.09. The lowest BCUT2D eigenvalue weighted by Crippen LogP contribution is -2.13. The zero-order chi connectivity index (χ0) is 9.84. The zero-order valence-corrected chi connectivity index (χ0v) is 7.75. The molecule has 0 fully saturated rings. The number of ether oxygens (including phenoxy) is 1. The summed E-state index contributed by atoms with van der Waals surface area (Å²) in [5.74, 6) is -0.163. The van der Waals surface area contributed by atoms with E-state index in [1.165, 1.54) is 0 Å². The van der Waals surface area contributed by atoms with Crippen molar-refractivity contribution in [3.8, 4) is 5.75 Å². The first kappa shape index (κ1) is 9.99. The normalized spacial score (nSPS) is 12.6. The van der Waals surface area contributed by atoms with Crippen molar-refractivity contribution in [1.29, 1.82) is 0 Å². The predicted molar refractivity (Wildman–Crippen MR) is 48.3 cm³/mol. The van der Waals surface area contributed by atoms with Gasteiger partial charge in [0.05, 0.1) is 6.10 Å². The Labute approximate surface area is 77.0 Å². The third kappa shape index (κ3) is 2.70. The van der Waals surface area contributed by atoms with E-state index in [0.717, 1.165) is 0 Å². The monoisotopic (exact) mass is 184 g/mol. The molecule has 0 spiro atoms. The number of rotatable bonds is 3. The first-order chi connectivity index (χ1) is 6.11. The van der Waals surface area contributed by atoms with Crippen LogP contribution in [0.4, 0.5) is 4.39 Å². The van der Waals surface area contributed by atoms with Crippen molar-refractivity contribution in [3.63, 3.8) is 0 Å². The standard InChI is InChI=1S/C10H13FO2/c1-7-4-3-5-9(10(7)11)13-6-8(2)12/h3-5,8,12H,6H2,1-2H3. The highest BCUT2D eigenvalue weighted by Crippen LogP contribution is 2.19. The average molecular weight is 184 g/mol. The van der Waals surface area contributed by atoms with Gasteiger partial charge in [-0.3, -0.25) is 0 Å². The van der Waals surface area contributed by atoms with Gasteiger partial charge in [-0.25, -0.2) is 4.39 Å². The molecule has 1 aromatic rings.